The molecular weight excluding hydrogens is 344 g/mol. The van der Waals surface area contributed by atoms with Gasteiger partial charge < -0.3 is 9.84 Å². The lowest BCUT2D eigenvalue weighted by Crippen LogP contribution is -2.44. The zero-order valence-electron chi connectivity index (χ0n) is 16.9. The molecule has 1 N–H and O–H groups in total. The number of rotatable bonds is 2. The van der Waals surface area contributed by atoms with Crippen LogP contribution in [0.1, 0.15) is 55.2 Å². The summed E-state index contributed by atoms with van der Waals surface area (Å²) in [6.07, 6.45) is 7.63. The van der Waals surface area contributed by atoms with Gasteiger partial charge in [-0.2, -0.15) is 0 Å². The molecule has 3 aliphatic carbocycles. The number of benzene rings is 2. The van der Waals surface area contributed by atoms with Crippen molar-refractivity contribution in [1.82, 2.24) is 0 Å². The van der Waals surface area contributed by atoms with E-state index in [0.717, 1.165) is 25.0 Å². The minimum Gasteiger partial charge on any atom is -0.497 e. The van der Waals surface area contributed by atoms with Gasteiger partial charge in [-0.3, -0.25) is 0 Å². The van der Waals surface area contributed by atoms with Gasteiger partial charge in [0, 0.05) is 5.41 Å². The Kier molecular flexibility index (Phi) is 4.35. The highest BCUT2D eigenvalue weighted by Crippen LogP contribution is 2.62. The molecule has 0 unspecified atom stereocenters. The van der Waals surface area contributed by atoms with Crippen molar-refractivity contribution in [1.29, 1.82) is 0 Å². The maximum atomic E-state index is 11.3. The van der Waals surface area contributed by atoms with Crippen LogP contribution in [0, 0.1) is 17.3 Å². The first-order valence-corrected chi connectivity index (χ1v) is 10.7. The lowest BCUT2D eigenvalue weighted by Gasteiger charge is -2.49. The van der Waals surface area contributed by atoms with E-state index in [1.807, 2.05) is 6.07 Å². The van der Waals surface area contributed by atoms with Crippen LogP contribution in [-0.2, 0) is 6.42 Å². The number of ether oxygens (including phenoxy) is 1. The second kappa shape index (κ2) is 6.77. The van der Waals surface area contributed by atoms with Crippen LogP contribution in [0.4, 0.5) is 0 Å². The topological polar surface area (TPSA) is 29.5 Å². The first-order valence-electron chi connectivity index (χ1n) is 10.7. The van der Waals surface area contributed by atoms with Crippen LogP contribution in [0.25, 0.3) is 6.08 Å². The van der Waals surface area contributed by atoms with Gasteiger partial charge in [-0.05, 0) is 84.3 Å². The highest BCUT2D eigenvalue weighted by Gasteiger charge is 2.56. The quantitative estimate of drug-likeness (QED) is 0.741. The predicted octanol–water partition coefficient (Wildman–Crippen LogP) is 5.61. The van der Waals surface area contributed by atoms with E-state index in [9.17, 15) is 5.11 Å². The van der Waals surface area contributed by atoms with Crippen molar-refractivity contribution >= 4 is 6.08 Å². The van der Waals surface area contributed by atoms with Crippen LogP contribution in [-0.4, -0.2) is 18.3 Å². The third-order valence-corrected chi connectivity index (χ3v) is 7.95. The van der Waals surface area contributed by atoms with Crippen LogP contribution < -0.4 is 4.74 Å². The summed E-state index contributed by atoms with van der Waals surface area (Å²) >= 11 is 0. The van der Waals surface area contributed by atoms with Crippen molar-refractivity contribution < 1.29 is 9.84 Å². The average Bonchev–Trinajstić information content (AvgIpc) is 2.99. The molecule has 3 aliphatic rings. The van der Waals surface area contributed by atoms with E-state index in [4.69, 9.17) is 4.74 Å². The third kappa shape index (κ3) is 2.73. The normalized spacial score (nSPS) is 35.2. The Balaban J connectivity index is 1.47. The van der Waals surface area contributed by atoms with Gasteiger partial charge in [-0.1, -0.05) is 49.4 Å². The minimum absolute atomic E-state index is 0.0196. The molecular formula is C26H30O2. The lowest BCUT2D eigenvalue weighted by atomic mass is 9.55. The SMILES string of the molecule is COc1ccc2c(c1)CC[C@@H]1[C@@H]2CC[C@]2(C)[C@H](O)/C(=C/c3ccccc3)C[C@H]12. The van der Waals surface area contributed by atoms with Crippen molar-refractivity contribution in [3.05, 3.63) is 70.8 Å². The average molecular weight is 375 g/mol. The van der Waals surface area contributed by atoms with Crippen LogP contribution in [0.15, 0.2) is 54.1 Å². The highest BCUT2D eigenvalue weighted by molar-refractivity contribution is 5.55. The van der Waals surface area contributed by atoms with Crippen molar-refractivity contribution in [2.75, 3.05) is 7.11 Å². The van der Waals surface area contributed by atoms with E-state index in [1.165, 1.54) is 35.1 Å². The zero-order valence-corrected chi connectivity index (χ0v) is 16.9. The van der Waals surface area contributed by atoms with Crippen molar-refractivity contribution in [2.45, 2.75) is 51.0 Å². The third-order valence-electron chi connectivity index (χ3n) is 7.95. The summed E-state index contributed by atoms with van der Waals surface area (Å²) in [6.45, 7) is 2.34. The van der Waals surface area contributed by atoms with Gasteiger partial charge in [0.25, 0.3) is 0 Å². The van der Waals surface area contributed by atoms with Gasteiger partial charge in [0.2, 0.25) is 0 Å². The molecule has 0 aromatic heterocycles. The first kappa shape index (κ1) is 18.0. The molecule has 0 spiro atoms. The highest BCUT2D eigenvalue weighted by atomic mass is 16.5. The van der Waals surface area contributed by atoms with Gasteiger partial charge in [0.15, 0.2) is 0 Å². The monoisotopic (exact) mass is 374 g/mol. The molecule has 0 aliphatic heterocycles. The molecule has 0 saturated heterocycles. The molecule has 2 saturated carbocycles. The standard InChI is InChI=1S/C26H30O2/c1-26-13-12-22-21-11-9-20(28-2)15-18(21)8-10-23(22)24(26)16-19(25(26)27)14-17-6-4-3-5-7-17/h3-7,9,11,14-15,22-25,27H,8,10,12-13,16H2,1-2H3/b19-14+/t22-,23-,24-,25-,26+/m1/s1. The molecule has 0 bridgehead atoms. The second-order valence-corrected chi connectivity index (χ2v) is 9.26. The van der Waals surface area contributed by atoms with E-state index in [2.05, 4.69) is 55.5 Å². The van der Waals surface area contributed by atoms with Crippen molar-refractivity contribution in [3.8, 4) is 5.75 Å². The Bertz CT molecular complexity index is 900. The van der Waals surface area contributed by atoms with Crippen LogP contribution in [0.3, 0.4) is 0 Å². The van der Waals surface area contributed by atoms with Crippen molar-refractivity contribution in [2.24, 2.45) is 17.3 Å². The van der Waals surface area contributed by atoms with Crippen LogP contribution >= 0.6 is 0 Å². The molecule has 146 valence electrons. The molecule has 0 heterocycles. The molecule has 2 fully saturated rings. The Hall–Kier alpha value is -2.06. The van der Waals surface area contributed by atoms with E-state index in [1.54, 1.807) is 7.11 Å². The molecule has 2 aromatic rings. The van der Waals surface area contributed by atoms with Gasteiger partial charge in [-0.15, -0.1) is 0 Å². The minimum atomic E-state index is -0.309. The number of methoxy groups -OCH3 is 1. The molecule has 2 aromatic carbocycles. The maximum absolute atomic E-state index is 11.3. The summed E-state index contributed by atoms with van der Waals surface area (Å²) in [5, 5.41) is 11.3. The Morgan fingerprint density at radius 1 is 1.11 bits per heavy atom. The molecule has 28 heavy (non-hydrogen) atoms. The van der Waals surface area contributed by atoms with Gasteiger partial charge in [0.05, 0.1) is 13.2 Å². The van der Waals surface area contributed by atoms with Crippen LogP contribution in [0.5, 0.6) is 5.75 Å². The maximum Gasteiger partial charge on any atom is 0.119 e. The molecule has 2 nitrogen and oxygen atoms in total. The van der Waals surface area contributed by atoms with E-state index < -0.39 is 0 Å². The Morgan fingerprint density at radius 3 is 2.71 bits per heavy atom. The molecule has 2 heteroatoms. The summed E-state index contributed by atoms with van der Waals surface area (Å²) in [5.41, 5.74) is 5.47. The Morgan fingerprint density at radius 2 is 1.93 bits per heavy atom. The lowest BCUT2D eigenvalue weighted by molar-refractivity contribution is -0.0158. The van der Waals surface area contributed by atoms with Gasteiger partial charge in [0.1, 0.15) is 5.75 Å². The number of hydrogen-bond acceptors (Lipinski definition) is 2. The van der Waals surface area contributed by atoms with Crippen LogP contribution in [0.2, 0.25) is 0 Å². The van der Waals surface area contributed by atoms with Gasteiger partial charge >= 0.3 is 0 Å². The second-order valence-electron chi connectivity index (χ2n) is 9.26. The summed E-state index contributed by atoms with van der Waals surface area (Å²) in [4.78, 5) is 0. The summed E-state index contributed by atoms with van der Waals surface area (Å²) in [7, 11) is 1.75. The molecule has 0 radical (unpaired) electrons. The summed E-state index contributed by atoms with van der Waals surface area (Å²) in [5.74, 6) is 2.86. The Labute approximate surface area is 168 Å². The number of fused-ring (bicyclic) bond motifs is 5. The first-order chi connectivity index (χ1) is 13.6. The molecule has 5 atom stereocenters. The molecule has 0 amide bonds. The smallest absolute Gasteiger partial charge is 0.119 e. The summed E-state index contributed by atoms with van der Waals surface area (Å²) < 4.78 is 5.45. The fraction of sp³-hybridized carbons (Fsp3) is 0.462. The zero-order chi connectivity index (χ0) is 19.3. The largest absolute Gasteiger partial charge is 0.497 e. The van der Waals surface area contributed by atoms with E-state index >= 15 is 0 Å². The fourth-order valence-electron chi connectivity index (χ4n) is 6.45. The summed E-state index contributed by atoms with van der Waals surface area (Å²) in [6, 6.07) is 17.1. The number of aliphatic hydroxyl groups is 1. The number of aliphatic hydroxyl groups excluding tert-OH is 1. The number of aryl methyl sites for hydroxylation is 1. The fourth-order valence-corrected chi connectivity index (χ4v) is 6.45. The predicted molar refractivity (Wildman–Crippen MR) is 113 cm³/mol. The number of hydrogen-bond donors (Lipinski definition) is 1. The van der Waals surface area contributed by atoms with Gasteiger partial charge in [-0.25, -0.2) is 0 Å². The van der Waals surface area contributed by atoms with Crippen molar-refractivity contribution in [3.63, 3.8) is 0 Å². The van der Waals surface area contributed by atoms with E-state index in [-0.39, 0.29) is 11.5 Å². The molecule has 5 rings (SSSR count). The van der Waals surface area contributed by atoms with E-state index in [0.29, 0.717) is 17.8 Å².